The van der Waals surface area contributed by atoms with E-state index in [1.807, 2.05) is 16.8 Å². The Labute approximate surface area is 230 Å². The molecule has 0 aliphatic carbocycles. The van der Waals surface area contributed by atoms with Crippen molar-refractivity contribution in [2.75, 3.05) is 31.5 Å². The van der Waals surface area contributed by atoms with Crippen molar-refractivity contribution >= 4 is 28.6 Å². The summed E-state index contributed by atoms with van der Waals surface area (Å²) in [5.41, 5.74) is 3.80. The van der Waals surface area contributed by atoms with Gasteiger partial charge < -0.3 is 20.6 Å². The summed E-state index contributed by atoms with van der Waals surface area (Å²) in [6, 6.07) is 8.93. The normalized spacial score (nSPS) is 18.2. The molecule has 2 aliphatic heterocycles. The first-order valence-corrected chi connectivity index (χ1v) is 14.3. The Morgan fingerprint density at radius 2 is 2.10 bits per heavy atom. The number of anilines is 1. The number of amides is 1. The van der Waals surface area contributed by atoms with Gasteiger partial charge in [0.15, 0.2) is 0 Å². The number of fused-ring (bicyclic) bond motifs is 2. The van der Waals surface area contributed by atoms with Crippen molar-refractivity contribution in [1.29, 1.82) is 0 Å². The average Bonchev–Trinajstić information content (AvgIpc) is 3.56. The molecular weight excluding hydrogens is 492 g/mol. The smallest absolute Gasteiger partial charge is 0.326 e. The second-order valence-corrected chi connectivity index (χ2v) is 11.4. The molecule has 4 heterocycles. The van der Waals surface area contributed by atoms with Gasteiger partial charge in [0.25, 0.3) is 5.91 Å². The molecule has 1 amide bonds. The van der Waals surface area contributed by atoms with E-state index in [0.717, 1.165) is 74.3 Å². The number of hydrogen-bond acceptors (Lipinski definition) is 6. The van der Waals surface area contributed by atoms with Crippen LogP contribution in [0.2, 0.25) is 0 Å². The number of carboxylic acid groups (broad SMARTS) is 1. The van der Waals surface area contributed by atoms with Crippen LogP contribution in [-0.2, 0) is 24.2 Å². The van der Waals surface area contributed by atoms with E-state index in [1.165, 1.54) is 12.0 Å². The van der Waals surface area contributed by atoms with Crippen LogP contribution in [0.5, 0.6) is 0 Å². The minimum Gasteiger partial charge on any atom is -0.480 e. The van der Waals surface area contributed by atoms with Gasteiger partial charge >= 0.3 is 5.97 Å². The number of likely N-dealkylation sites (tertiary alicyclic amines) is 1. The maximum Gasteiger partial charge on any atom is 0.326 e. The highest BCUT2D eigenvalue weighted by molar-refractivity contribution is 6.07. The number of rotatable bonds is 11. The molecule has 0 bridgehead atoms. The van der Waals surface area contributed by atoms with Crippen LogP contribution in [0.25, 0.3) is 10.9 Å². The maximum absolute atomic E-state index is 13.1. The first-order chi connectivity index (χ1) is 18.9. The van der Waals surface area contributed by atoms with E-state index in [1.54, 1.807) is 12.3 Å². The van der Waals surface area contributed by atoms with Gasteiger partial charge in [-0.3, -0.25) is 9.48 Å². The van der Waals surface area contributed by atoms with E-state index in [2.05, 4.69) is 46.6 Å². The highest BCUT2D eigenvalue weighted by atomic mass is 16.4. The Morgan fingerprint density at radius 1 is 1.23 bits per heavy atom. The number of aliphatic carboxylic acids is 1. The number of carboxylic acids is 1. The second-order valence-electron chi connectivity index (χ2n) is 11.4. The molecule has 9 heteroatoms. The third-order valence-electron chi connectivity index (χ3n) is 7.94. The average molecular weight is 533 g/mol. The molecule has 208 valence electrons. The molecule has 0 saturated carbocycles. The van der Waals surface area contributed by atoms with Gasteiger partial charge in [-0.1, -0.05) is 26.0 Å². The number of benzene rings is 1. The Bertz CT molecular complexity index is 1320. The van der Waals surface area contributed by atoms with Crippen molar-refractivity contribution < 1.29 is 14.7 Å². The highest BCUT2D eigenvalue weighted by Crippen LogP contribution is 2.25. The molecule has 39 heavy (non-hydrogen) atoms. The maximum atomic E-state index is 13.1. The topological polar surface area (TPSA) is 112 Å². The number of aromatic nitrogens is 3. The zero-order chi connectivity index (χ0) is 27.4. The van der Waals surface area contributed by atoms with Crippen molar-refractivity contribution in [3.05, 3.63) is 53.3 Å². The molecule has 2 atom stereocenters. The lowest BCUT2D eigenvalue weighted by Crippen LogP contribution is -2.43. The van der Waals surface area contributed by atoms with E-state index in [4.69, 9.17) is 4.98 Å². The molecule has 1 fully saturated rings. The Hall–Kier alpha value is -3.46. The summed E-state index contributed by atoms with van der Waals surface area (Å²) in [6.45, 7) is 8.55. The van der Waals surface area contributed by atoms with Crippen LogP contribution < -0.4 is 10.6 Å². The summed E-state index contributed by atoms with van der Waals surface area (Å²) in [4.78, 5) is 32.3. The molecule has 0 radical (unpaired) electrons. The van der Waals surface area contributed by atoms with Gasteiger partial charge in [-0.25, -0.2) is 9.78 Å². The minimum absolute atomic E-state index is 0.369. The van der Waals surface area contributed by atoms with Gasteiger partial charge in [0.05, 0.1) is 17.3 Å². The summed E-state index contributed by atoms with van der Waals surface area (Å²) >= 11 is 0. The fourth-order valence-corrected chi connectivity index (χ4v) is 5.81. The minimum atomic E-state index is -1.01. The monoisotopic (exact) mass is 532 g/mol. The molecule has 5 rings (SSSR count). The zero-order valence-corrected chi connectivity index (χ0v) is 23.0. The number of hydrogen-bond donors (Lipinski definition) is 3. The molecule has 3 N–H and O–H groups in total. The van der Waals surface area contributed by atoms with E-state index in [-0.39, 0.29) is 5.91 Å². The largest absolute Gasteiger partial charge is 0.480 e. The van der Waals surface area contributed by atoms with Gasteiger partial charge in [0.1, 0.15) is 11.9 Å². The van der Waals surface area contributed by atoms with Crippen molar-refractivity contribution in [2.24, 2.45) is 11.8 Å². The van der Waals surface area contributed by atoms with Crippen molar-refractivity contribution in [3.8, 4) is 0 Å². The first kappa shape index (κ1) is 27.1. The number of carbonyl (C=O) groups is 2. The molecule has 2 unspecified atom stereocenters. The summed E-state index contributed by atoms with van der Waals surface area (Å²) in [5, 5.41) is 21.2. The summed E-state index contributed by atoms with van der Waals surface area (Å²) in [7, 11) is 0. The number of nitrogens with zero attached hydrogens (tertiary/aromatic N) is 4. The quantitative estimate of drug-likeness (QED) is 0.343. The van der Waals surface area contributed by atoms with Crippen LogP contribution in [0.3, 0.4) is 0 Å². The summed E-state index contributed by atoms with van der Waals surface area (Å²) in [5.74, 6) is 0.671. The molecule has 2 aromatic heterocycles. The van der Waals surface area contributed by atoms with E-state index >= 15 is 0 Å². The Balaban J connectivity index is 1.12. The van der Waals surface area contributed by atoms with E-state index < -0.39 is 12.0 Å². The molecule has 1 saturated heterocycles. The molecule has 0 spiro atoms. The number of nitrogens with one attached hydrogen (secondary N) is 2. The third kappa shape index (κ3) is 6.58. The number of pyridine rings is 1. The van der Waals surface area contributed by atoms with Crippen LogP contribution in [0.15, 0.2) is 36.5 Å². The molecule has 1 aromatic carbocycles. The molecular formula is C30H40N6O3. The Kier molecular flexibility index (Phi) is 8.45. The van der Waals surface area contributed by atoms with Gasteiger partial charge in [0, 0.05) is 37.3 Å². The van der Waals surface area contributed by atoms with Crippen molar-refractivity contribution in [3.63, 3.8) is 0 Å². The van der Waals surface area contributed by atoms with Gasteiger partial charge in [-0.15, -0.1) is 0 Å². The second kappa shape index (κ2) is 12.2. The van der Waals surface area contributed by atoms with E-state index in [0.29, 0.717) is 30.4 Å². The fourth-order valence-electron chi connectivity index (χ4n) is 5.81. The lowest BCUT2D eigenvalue weighted by Gasteiger charge is -2.20. The molecule has 2 aliphatic rings. The van der Waals surface area contributed by atoms with Crippen LogP contribution >= 0.6 is 0 Å². The van der Waals surface area contributed by atoms with Crippen LogP contribution in [-0.4, -0.2) is 68.9 Å². The SMILES string of the molecule is CC(C)Cn1ncc2c(C(=O)NC(CCN3CCC(CCc4ccc5c(n4)NCCC5)C3)C(=O)O)cccc21. The van der Waals surface area contributed by atoms with Crippen LogP contribution in [0.4, 0.5) is 5.82 Å². The van der Waals surface area contributed by atoms with Gasteiger partial charge in [-0.2, -0.15) is 5.10 Å². The number of carbonyl (C=O) groups excluding carboxylic acids is 1. The van der Waals surface area contributed by atoms with Crippen molar-refractivity contribution in [1.82, 2.24) is 25.0 Å². The van der Waals surface area contributed by atoms with E-state index in [9.17, 15) is 14.7 Å². The standard InChI is InChI=1S/C30H40N6O3/c1-20(2)18-36-27-7-3-6-24(25(27)17-32-36)29(37)34-26(30(38)39)13-16-35-15-12-21(19-35)8-10-23-11-9-22-5-4-14-31-28(22)33-23/h3,6-7,9,11,17,20-21,26H,4-5,8,10,12-16,18-19H2,1-2H3,(H,31,33)(H,34,37)(H,38,39). The Morgan fingerprint density at radius 3 is 2.92 bits per heavy atom. The van der Waals surface area contributed by atoms with Gasteiger partial charge in [0.2, 0.25) is 0 Å². The number of aryl methyl sites for hydroxylation is 2. The van der Waals surface area contributed by atoms with Crippen LogP contribution in [0.1, 0.15) is 61.1 Å². The predicted molar refractivity (Wildman–Crippen MR) is 152 cm³/mol. The third-order valence-corrected chi connectivity index (χ3v) is 7.94. The fraction of sp³-hybridized carbons (Fsp3) is 0.533. The zero-order valence-electron chi connectivity index (χ0n) is 23.0. The van der Waals surface area contributed by atoms with Crippen LogP contribution in [0, 0.1) is 11.8 Å². The molecule has 3 aromatic rings. The van der Waals surface area contributed by atoms with Gasteiger partial charge in [-0.05, 0) is 80.7 Å². The van der Waals surface area contributed by atoms with Crippen molar-refractivity contribution in [2.45, 2.75) is 65.0 Å². The lowest BCUT2D eigenvalue weighted by molar-refractivity contribution is -0.139. The summed E-state index contributed by atoms with van der Waals surface area (Å²) in [6.07, 6.45) is 7.48. The predicted octanol–water partition coefficient (Wildman–Crippen LogP) is 3.97. The molecule has 9 nitrogen and oxygen atoms in total. The highest BCUT2D eigenvalue weighted by Gasteiger charge is 2.27. The first-order valence-electron chi connectivity index (χ1n) is 14.3. The lowest BCUT2D eigenvalue weighted by atomic mass is 10.00. The summed E-state index contributed by atoms with van der Waals surface area (Å²) < 4.78 is 1.90.